The van der Waals surface area contributed by atoms with Gasteiger partial charge in [0.25, 0.3) is 5.91 Å². The van der Waals surface area contributed by atoms with Crippen LogP contribution in [-0.4, -0.2) is 124 Å². The fourth-order valence-electron chi connectivity index (χ4n) is 5.53. The minimum absolute atomic E-state index is 0.00584. The maximum Gasteiger partial charge on any atom is 0.410 e. The second-order valence-electron chi connectivity index (χ2n) is 12.7. The molecule has 0 aliphatic carbocycles. The third-order valence-corrected chi connectivity index (χ3v) is 7.46. The molecule has 1 aromatic carbocycles. The summed E-state index contributed by atoms with van der Waals surface area (Å²) < 4.78 is 18.4. The lowest BCUT2D eigenvalue weighted by Gasteiger charge is -2.44. The van der Waals surface area contributed by atoms with Crippen molar-refractivity contribution >= 4 is 17.9 Å². The Balaban J connectivity index is 1.69. The Kier molecular flexibility index (Phi) is 11.3. The van der Waals surface area contributed by atoms with Crippen molar-refractivity contribution in [3.05, 3.63) is 41.7 Å². The monoisotopic (exact) mass is 614 g/mol. The van der Waals surface area contributed by atoms with Crippen LogP contribution in [0.1, 0.15) is 57.2 Å². The molecule has 0 spiro atoms. The van der Waals surface area contributed by atoms with Crippen LogP contribution in [0.4, 0.5) is 4.79 Å². The Hall–Kier alpha value is -3.55. The zero-order valence-corrected chi connectivity index (χ0v) is 26.5. The van der Waals surface area contributed by atoms with Crippen molar-refractivity contribution in [2.45, 2.75) is 59.3 Å². The lowest BCUT2D eigenvalue weighted by molar-refractivity contribution is -0.142. The zero-order valence-electron chi connectivity index (χ0n) is 26.5. The fourth-order valence-corrected chi connectivity index (χ4v) is 5.53. The molecule has 3 heterocycles. The van der Waals surface area contributed by atoms with Gasteiger partial charge in [0.2, 0.25) is 5.91 Å². The average molecular weight is 615 g/mol. The quantitative estimate of drug-likeness (QED) is 0.400. The first kappa shape index (κ1) is 33.3. The van der Waals surface area contributed by atoms with E-state index in [2.05, 4.69) is 10.3 Å². The van der Waals surface area contributed by atoms with Gasteiger partial charge in [-0.1, -0.05) is 37.3 Å². The number of rotatable bonds is 10. The van der Waals surface area contributed by atoms with Gasteiger partial charge in [-0.2, -0.15) is 0 Å². The molecule has 0 bridgehead atoms. The first-order chi connectivity index (χ1) is 21.0. The van der Waals surface area contributed by atoms with Crippen LogP contribution in [0.25, 0.3) is 5.69 Å². The third-order valence-electron chi connectivity index (χ3n) is 7.46. The molecule has 4 rings (SSSR count). The van der Waals surface area contributed by atoms with E-state index in [4.69, 9.17) is 14.2 Å². The summed E-state index contributed by atoms with van der Waals surface area (Å²) in [5, 5.41) is 17.9. The summed E-state index contributed by atoms with van der Waals surface area (Å²) in [6.45, 7) is 12.0. The summed E-state index contributed by atoms with van der Waals surface area (Å²) in [5.41, 5.74) is 0.560. The van der Waals surface area contributed by atoms with Crippen LogP contribution in [0, 0.1) is 11.8 Å². The van der Waals surface area contributed by atoms with Crippen molar-refractivity contribution in [3.63, 3.8) is 0 Å². The van der Waals surface area contributed by atoms with E-state index in [9.17, 15) is 19.5 Å². The summed E-state index contributed by atoms with van der Waals surface area (Å²) in [5.74, 6) is -0.856. The number of para-hydroxylation sites is 1. The molecule has 44 heavy (non-hydrogen) atoms. The molecule has 2 atom stereocenters. The summed E-state index contributed by atoms with van der Waals surface area (Å²) in [6, 6.07) is 8.83. The summed E-state index contributed by atoms with van der Waals surface area (Å²) in [6.07, 6.45) is -0.135. The largest absolute Gasteiger partial charge is 0.444 e. The van der Waals surface area contributed by atoms with Crippen LogP contribution < -0.4 is 0 Å². The van der Waals surface area contributed by atoms with E-state index in [-0.39, 0.29) is 56.3 Å². The number of nitrogens with zero attached hydrogens (tertiary/aromatic N) is 6. The Morgan fingerprint density at radius 2 is 1.80 bits per heavy atom. The molecule has 2 fully saturated rings. The Bertz CT molecular complexity index is 1260. The number of hydrogen-bond acceptors (Lipinski definition) is 9. The number of ether oxygens (including phenoxy) is 3. The van der Waals surface area contributed by atoms with E-state index >= 15 is 0 Å². The van der Waals surface area contributed by atoms with Crippen LogP contribution in [0.3, 0.4) is 0 Å². The van der Waals surface area contributed by atoms with E-state index in [1.807, 2.05) is 44.2 Å². The molecule has 13 nitrogen and oxygen atoms in total. The smallest absolute Gasteiger partial charge is 0.410 e. The van der Waals surface area contributed by atoms with Gasteiger partial charge in [0.1, 0.15) is 11.3 Å². The predicted molar refractivity (Wildman–Crippen MR) is 161 cm³/mol. The highest BCUT2D eigenvalue weighted by Gasteiger charge is 2.42. The normalized spacial score (nSPS) is 19.2. The molecule has 242 valence electrons. The first-order valence-corrected chi connectivity index (χ1v) is 15.3. The second kappa shape index (κ2) is 15.0. The van der Waals surface area contributed by atoms with E-state index in [0.717, 1.165) is 0 Å². The third kappa shape index (κ3) is 8.54. The van der Waals surface area contributed by atoms with Crippen LogP contribution >= 0.6 is 0 Å². The van der Waals surface area contributed by atoms with Gasteiger partial charge in [-0.15, -0.1) is 5.10 Å². The summed E-state index contributed by atoms with van der Waals surface area (Å²) in [4.78, 5) is 46.5. The SMILES string of the molecule is CC(C)CN(C(=O)c1nnn(-c2ccccc2)c1COCCO)[C@H]1C[C@@H](C(=O)N2CCOCC2)CN(C(=O)OC(C)(C)C)C1. The number of carbonyl (C=O) groups excluding carboxylic acids is 3. The number of benzene rings is 1. The fraction of sp³-hybridized carbons (Fsp3) is 0.645. The molecule has 0 unspecified atom stereocenters. The van der Waals surface area contributed by atoms with Gasteiger partial charge in [-0.05, 0) is 45.2 Å². The zero-order chi connectivity index (χ0) is 31.9. The van der Waals surface area contributed by atoms with Crippen LogP contribution in [0.15, 0.2) is 30.3 Å². The maximum atomic E-state index is 14.4. The van der Waals surface area contributed by atoms with Crippen molar-refractivity contribution in [1.82, 2.24) is 29.7 Å². The maximum absolute atomic E-state index is 14.4. The van der Waals surface area contributed by atoms with Crippen molar-refractivity contribution in [2.75, 3.05) is 59.2 Å². The molecule has 2 aliphatic heterocycles. The number of hydrogen-bond donors (Lipinski definition) is 1. The van der Waals surface area contributed by atoms with Crippen molar-refractivity contribution in [1.29, 1.82) is 0 Å². The summed E-state index contributed by atoms with van der Waals surface area (Å²) >= 11 is 0. The Morgan fingerprint density at radius 1 is 1.09 bits per heavy atom. The highest BCUT2D eigenvalue weighted by molar-refractivity contribution is 5.94. The van der Waals surface area contributed by atoms with E-state index in [1.165, 1.54) is 0 Å². The van der Waals surface area contributed by atoms with Crippen LogP contribution in [0.5, 0.6) is 0 Å². The molecule has 1 N–H and O–H groups in total. The van der Waals surface area contributed by atoms with Crippen molar-refractivity contribution in [3.8, 4) is 5.69 Å². The van der Waals surface area contributed by atoms with E-state index in [1.54, 1.807) is 40.2 Å². The topological polar surface area (TPSA) is 140 Å². The second-order valence-corrected chi connectivity index (χ2v) is 12.7. The number of aliphatic hydroxyl groups excluding tert-OH is 1. The molecule has 2 aliphatic rings. The lowest BCUT2D eigenvalue weighted by atomic mass is 9.91. The predicted octanol–water partition coefficient (Wildman–Crippen LogP) is 2.36. The highest BCUT2D eigenvalue weighted by Crippen LogP contribution is 2.28. The van der Waals surface area contributed by atoms with Gasteiger partial charge in [0.05, 0.1) is 50.7 Å². The number of morpholine rings is 1. The van der Waals surface area contributed by atoms with Gasteiger partial charge < -0.3 is 34.0 Å². The van der Waals surface area contributed by atoms with E-state index in [0.29, 0.717) is 50.7 Å². The number of carbonyl (C=O) groups is 3. The molecular weight excluding hydrogens is 568 g/mol. The molecule has 1 aromatic heterocycles. The molecule has 3 amide bonds. The minimum Gasteiger partial charge on any atom is -0.444 e. The molecule has 2 aromatic rings. The van der Waals surface area contributed by atoms with Crippen molar-refractivity contribution in [2.24, 2.45) is 11.8 Å². The van der Waals surface area contributed by atoms with Gasteiger partial charge in [0.15, 0.2) is 5.69 Å². The number of amides is 3. The first-order valence-electron chi connectivity index (χ1n) is 15.3. The van der Waals surface area contributed by atoms with Gasteiger partial charge in [-0.25, -0.2) is 9.48 Å². The number of aliphatic hydroxyl groups is 1. The molecule has 13 heteroatoms. The van der Waals surface area contributed by atoms with Gasteiger partial charge in [0, 0.05) is 32.7 Å². The molecule has 0 radical (unpaired) electrons. The van der Waals surface area contributed by atoms with Crippen molar-refractivity contribution < 1.29 is 33.7 Å². The highest BCUT2D eigenvalue weighted by atomic mass is 16.6. The molecule has 0 saturated carbocycles. The minimum atomic E-state index is -0.722. The lowest BCUT2D eigenvalue weighted by Crippen LogP contribution is -2.58. The molecule has 2 saturated heterocycles. The Labute approximate surface area is 259 Å². The number of likely N-dealkylation sites (tertiary alicyclic amines) is 1. The van der Waals surface area contributed by atoms with Gasteiger partial charge in [-0.3, -0.25) is 9.59 Å². The van der Waals surface area contributed by atoms with E-state index < -0.39 is 23.7 Å². The molecular formula is C31H46N6O7. The van der Waals surface area contributed by atoms with Gasteiger partial charge >= 0.3 is 6.09 Å². The summed E-state index contributed by atoms with van der Waals surface area (Å²) in [7, 11) is 0. The number of aromatic nitrogens is 3. The number of piperidine rings is 1. The van der Waals surface area contributed by atoms with Crippen LogP contribution in [-0.2, 0) is 25.6 Å². The van der Waals surface area contributed by atoms with Crippen LogP contribution in [0.2, 0.25) is 0 Å². The standard InChI is InChI=1S/C31H46N6O7/c1-22(2)18-36(29(40)27-26(21-43-16-13-38)37(33-32-27)24-9-7-6-8-10-24)25-17-23(28(39)34-11-14-42-15-12-34)19-35(20-25)30(41)44-31(3,4)5/h6-10,22-23,25,38H,11-21H2,1-5H3/t23-,25+/m1/s1. The average Bonchev–Trinajstić information content (AvgIpc) is 3.43. The Morgan fingerprint density at radius 3 is 2.43 bits per heavy atom.